The Morgan fingerprint density at radius 2 is 1.92 bits per heavy atom. The molecular formula is C27H25N7O2. The Kier molecular flexibility index (Phi) is 5.06. The van der Waals surface area contributed by atoms with Crippen molar-refractivity contribution in [2.45, 2.75) is 25.3 Å². The fraction of sp³-hybridized carbons (Fsp3) is 0.222. The van der Waals surface area contributed by atoms with Gasteiger partial charge in [-0.05, 0) is 49.0 Å². The summed E-state index contributed by atoms with van der Waals surface area (Å²) in [5, 5.41) is 2.85. The molecule has 1 atom stereocenters. The standard InChI is InChI=1S/C27H25N7O2/c1-2-21(35)34-16-27(10-11-27)15-19(34)25-32-22(23-24(28)30-13-14-33(23)25)17-7-3-4-8-18(17)26(36)31-20-9-5-6-12-29-20/h2-9,12-14,19H,1,10-11,15-16H2,(H2,28,30)(H,29,31,36). The number of rotatable bonds is 5. The fourth-order valence-corrected chi connectivity index (χ4v) is 5.19. The summed E-state index contributed by atoms with van der Waals surface area (Å²) in [6.45, 7) is 4.39. The number of pyridine rings is 1. The van der Waals surface area contributed by atoms with Gasteiger partial charge in [0.2, 0.25) is 5.91 Å². The van der Waals surface area contributed by atoms with Crippen molar-refractivity contribution in [3.63, 3.8) is 0 Å². The molecule has 1 unspecified atom stereocenters. The molecular weight excluding hydrogens is 454 g/mol. The van der Waals surface area contributed by atoms with E-state index in [1.807, 2.05) is 27.6 Å². The first kappa shape index (κ1) is 22.0. The van der Waals surface area contributed by atoms with Crippen molar-refractivity contribution >= 4 is 29.0 Å². The second kappa shape index (κ2) is 8.30. The van der Waals surface area contributed by atoms with E-state index in [1.54, 1.807) is 42.7 Å². The molecule has 3 N–H and O–H groups in total. The first-order chi connectivity index (χ1) is 17.5. The Balaban J connectivity index is 1.48. The highest BCUT2D eigenvalue weighted by Crippen LogP contribution is 2.58. The highest BCUT2D eigenvalue weighted by atomic mass is 16.2. The minimum atomic E-state index is -0.310. The van der Waals surface area contributed by atoms with E-state index in [0.29, 0.717) is 46.3 Å². The van der Waals surface area contributed by atoms with E-state index in [-0.39, 0.29) is 23.3 Å². The average Bonchev–Trinajstić information content (AvgIpc) is 3.38. The lowest BCUT2D eigenvalue weighted by molar-refractivity contribution is -0.127. The molecule has 0 bridgehead atoms. The molecule has 1 spiro atoms. The minimum Gasteiger partial charge on any atom is -0.382 e. The van der Waals surface area contributed by atoms with Gasteiger partial charge in [-0.15, -0.1) is 0 Å². The lowest BCUT2D eigenvalue weighted by atomic mass is 10.0. The quantitative estimate of drug-likeness (QED) is 0.420. The normalized spacial score (nSPS) is 17.9. The highest BCUT2D eigenvalue weighted by molar-refractivity contribution is 6.09. The van der Waals surface area contributed by atoms with E-state index in [9.17, 15) is 9.59 Å². The Labute approximate surface area is 207 Å². The zero-order valence-electron chi connectivity index (χ0n) is 19.6. The maximum atomic E-state index is 13.3. The van der Waals surface area contributed by atoms with Gasteiger partial charge in [0, 0.05) is 36.3 Å². The van der Waals surface area contributed by atoms with E-state index in [2.05, 4.69) is 21.9 Å². The second-order valence-electron chi connectivity index (χ2n) is 9.45. The third-order valence-electron chi connectivity index (χ3n) is 7.16. The number of nitrogens with zero attached hydrogens (tertiary/aromatic N) is 5. The first-order valence-corrected chi connectivity index (χ1v) is 11.9. The van der Waals surface area contributed by atoms with Crippen molar-refractivity contribution in [2.24, 2.45) is 5.41 Å². The summed E-state index contributed by atoms with van der Waals surface area (Å²) in [5.74, 6) is 1.03. The van der Waals surface area contributed by atoms with Gasteiger partial charge in [0.05, 0.1) is 6.04 Å². The van der Waals surface area contributed by atoms with E-state index in [1.165, 1.54) is 6.08 Å². The van der Waals surface area contributed by atoms with Crippen LogP contribution in [-0.4, -0.2) is 42.6 Å². The number of hydrogen-bond donors (Lipinski definition) is 2. The van der Waals surface area contributed by atoms with Crippen molar-refractivity contribution in [1.82, 2.24) is 24.3 Å². The van der Waals surface area contributed by atoms with Crippen molar-refractivity contribution < 1.29 is 9.59 Å². The molecule has 2 amide bonds. The van der Waals surface area contributed by atoms with Gasteiger partial charge in [-0.25, -0.2) is 15.0 Å². The summed E-state index contributed by atoms with van der Waals surface area (Å²) in [4.78, 5) is 41.4. The number of anilines is 2. The van der Waals surface area contributed by atoms with Crippen molar-refractivity contribution in [3.05, 3.63) is 85.1 Å². The molecule has 2 aliphatic rings. The number of aromatic nitrogens is 4. The van der Waals surface area contributed by atoms with Crippen molar-refractivity contribution in [2.75, 3.05) is 17.6 Å². The number of benzene rings is 1. The van der Waals surface area contributed by atoms with Gasteiger partial charge in [0.25, 0.3) is 5.91 Å². The molecule has 4 heterocycles. The van der Waals surface area contributed by atoms with Gasteiger partial charge >= 0.3 is 0 Å². The number of carbonyl (C=O) groups is 2. The third-order valence-corrected chi connectivity index (χ3v) is 7.16. The van der Waals surface area contributed by atoms with Crippen LogP contribution in [0.2, 0.25) is 0 Å². The van der Waals surface area contributed by atoms with Crippen LogP contribution in [0.5, 0.6) is 0 Å². The lowest BCUT2D eigenvalue weighted by Gasteiger charge is -2.22. The monoisotopic (exact) mass is 479 g/mol. The highest BCUT2D eigenvalue weighted by Gasteiger charge is 2.54. The zero-order valence-corrected chi connectivity index (χ0v) is 19.6. The molecule has 1 aliphatic carbocycles. The predicted octanol–water partition coefficient (Wildman–Crippen LogP) is 3.87. The van der Waals surface area contributed by atoms with Crippen LogP contribution in [0.15, 0.2) is 73.7 Å². The number of nitrogen functional groups attached to an aromatic ring is 1. The van der Waals surface area contributed by atoms with Gasteiger partial charge < -0.3 is 16.0 Å². The van der Waals surface area contributed by atoms with E-state index < -0.39 is 0 Å². The maximum Gasteiger partial charge on any atom is 0.257 e. The van der Waals surface area contributed by atoms with Crippen LogP contribution in [-0.2, 0) is 4.79 Å². The summed E-state index contributed by atoms with van der Waals surface area (Å²) < 4.78 is 1.90. The molecule has 1 saturated heterocycles. The molecule has 2 fully saturated rings. The van der Waals surface area contributed by atoms with Crippen molar-refractivity contribution in [1.29, 1.82) is 0 Å². The van der Waals surface area contributed by atoms with Crippen LogP contribution in [0.4, 0.5) is 11.6 Å². The lowest BCUT2D eigenvalue weighted by Crippen LogP contribution is -2.30. The number of amides is 2. The molecule has 9 nitrogen and oxygen atoms in total. The molecule has 1 saturated carbocycles. The molecule has 1 aromatic carbocycles. The third kappa shape index (κ3) is 3.60. The number of carbonyl (C=O) groups excluding carboxylic acids is 2. The summed E-state index contributed by atoms with van der Waals surface area (Å²) in [6.07, 6.45) is 9.43. The summed E-state index contributed by atoms with van der Waals surface area (Å²) in [5.41, 5.74) is 8.71. The van der Waals surface area contributed by atoms with Crippen LogP contribution in [0.25, 0.3) is 16.8 Å². The van der Waals surface area contributed by atoms with E-state index >= 15 is 0 Å². The maximum absolute atomic E-state index is 13.3. The number of imidazole rings is 1. The number of nitrogens with one attached hydrogen (secondary N) is 1. The number of likely N-dealkylation sites (tertiary alicyclic amines) is 1. The topological polar surface area (TPSA) is 119 Å². The second-order valence-corrected chi connectivity index (χ2v) is 9.45. The average molecular weight is 480 g/mol. The minimum absolute atomic E-state index is 0.112. The van der Waals surface area contributed by atoms with E-state index in [0.717, 1.165) is 19.3 Å². The van der Waals surface area contributed by atoms with Crippen LogP contribution < -0.4 is 11.1 Å². The van der Waals surface area contributed by atoms with Crippen LogP contribution in [0.3, 0.4) is 0 Å². The van der Waals surface area contributed by atoms with Crippen LogP contribution in [0.1, 0.15) is 41.5 Å². The Bertz CT molecular complexity index is 1510. The molecule has 0 radical (unpaired) electrons. The fourth-order valence-electron chi connectivity index (χ4n) is 5.19. The van der Waals surface area contributed by atoms with Gasteiger partial charge in [-0.3, -0.25) is 14.0 Å². The van der Waals surface area contributed by atoms with Gasteiger partial charge in [-0.1, -0.05) is 30.8 Å². The molecule has 6 rings (SSSR count). The molecule has 180 valence electrons. The number of nitrogens with two attached hydrogens (primary N) is 1. The van der Waals surface area contributed by atoms with Gasteiger partial charge in [0.15, 0.2) is 0 Å². The van der Waals surface area contributed by atoms with Gasteiger partial charge in [0.1, 0.15) is 28.7 Å². The van der Waals surface area contributed by atoms with Crippen LogP contribution >= 0.6 is 0 Å². The number of fused-ring (bicyclic) bond motifs is 1. The Hall–Kier alpha value is -4.53. The SMILES string of the molecule is C=CC(=O)N1CC2(CC2)CC1c1nc(-c2ccccc2C(=O)Nc2ccccn2)c2c(N)nccn12. The summed E-state index contributed by atoms with van der Waals surface area (Å²) in [6, 6.07) is 12.3. The Morgan fingerprint density at radius 1 is 1.11 bits per heavy atom. The number of hydrogen-bond acceptors (Lipinski definition) is 6. The predicted molar refractivity (Wildman–Crippen MR) is 136 cm³/mol. The molecule has 3 aromatic heterocycles. The smallest absolute Gasteiger partial charge is 0.257 e. The zero-order chi connectivity index (χ0) is 24.9. The van der Waals surface area contributed by atoms with Crippen molar-refractivity contribution in [3.8, 4) is 11.3 Å². The molecule has 36 heavy (non-hydrogen) atoms. The first-order valence-electron chi connectivity index (χ1n) is 11.9. The summed E-state index contributed by atoms with van der Waals surface area (Å²) in [7, 11) is 0. The van der Waals surface area contributed by atoms with Crippen LogP contribution in [0, 0.1) is 5.41 Å². The largest absolute Gasteiger partial charge is 0.382 e. The Morgan fingerprint density at radius 3 is 2.67 bits per heavy atom. The molecule has 4 aromatic rings. The van der Waals surface area contributed by atoms with E-state index in [4.69, 9.17) is 10.7 Å². The molecule has 1 aliphatic heterocycles. The molecule has 9 heteroatoms. The summed E-state index contributed by atoms with van der Waals surface area (Å²) >= 11 is 0. The van der Waals surface area contributed by atoms with Gasteiger partial charge in [-0.2, -0.15) is 0 Å².